The van der Waals surface area contributed by atoms with E-state index in [1.807, 2.05) is 36.4 Å². The highest BCUT2D eigenvalue weighted by atomic mass is 31.2. The van der Waals surface area contributed by atoms with Gasteiger partial charge in [0.25, 0.3) is 0 Å². The van der Waals surface area contributed by atoms with Crippen molar-refractivity contribution in [2.24, 2.45) is 0 Å². The summed E-state index contributed by atoms with van der Waals surface area (Å²) in [4.78, 5) is 22.3. The molecule has 4 nitrogen and oxygen atoms in total. The molecule has 0 radical (unpaired) electrons. The van der Waals surface area contributed by atoms with Gasteiger partial charge in [-0.25, -0.2) is 0 Å². The lowest BCUT2D eigenvalue weighted by molar-refractivity contribution is -0.138. The van der Waals surface area contributed by atoms with E-state index in [1.54, 1.807) is 36.4 Å². The summed E-state index contributed by atoms with van der Waals surface area (Å²) in [5.41, 5.74) is 1.31. The van der Waals surface area contributed by atoms with Crippen molar-refractivity contribution < 1.29 is 19.4 Å². The fourth-order valence-electron chi connectivity index (χ4n) is 3.08. The van der Waals surface area contributed by atoms with Crippen LogP contribution in [0.25, 0.3) is 10.8 Å². The summed E-state index contributed by atoms with van der Waals surface area (Å²) < 4.78 is 12.7. The number of fused-ring (bicyclic) bond motifs is 1. The first-order chi connectivity index (χ1) is 12.0. The molecule has 2 atom stereocenters. The number of aliphatic carboxylic acids is 1. The van der Waals surface area contributed by atoms with Gasteiger partial charge in [-0.05, 0) is 21.9 Å². The summed E-state index contributed by atoms with van der Waals surface area (Å²) in [6, 6.07) is 21.9. The summed E-state index contributed by atoms with van der Waals surface area (Å²) in [7, 11) is -3.65. The Bertz CT molecular complexity index is 931. The van der Waals surface area contributed by atoms with E-state index < -0.39 is 19.3 Å². The molecule has 0 amide bonds. The molecule has 0 saturated carbocycles. The summed E-state index contributed by atoms with van der Waals surface area (Å²) in [6.45, 7) is 0. The zero-order chi connectivity index (χ0) is 17.9. The Hall–Kier alpha value is -2.42. The number of benzene rings is 3. The Morgan fingerprint density at radius 2 is 1.56 bits per heavy atom. The molecule has 0 fully saturated rings. The molecule has 128 valence electrons. The van der Waals surface area contributed by atoms with Crippen LogP contribution in [0.1, 0.15) is 17.0 Å². The Balaban J connectivity index is 1.93. The van der Waals surface area contributed by atoms with Crippen LogP contribution in [0.4, 0.5) is 0 Å². The van der Waals surface area contributed by atoms with Crippen molar-refractivity contribution in [2.75, 3.05) is 6.16 Å². The second-order valence-electron chi connectivity index (χ2n) is 6.13. The van der Waals surface area contributed by atoms with Gasteiger partial charge in [-0.2, -0.15) is 0 Å². The van der Waals surface area contributed by atoms with Gasteiger partial charge in [0.1, 0.15) is 0 Å². The maximum atomic E-state index is 12.7. The smallest absolute Gasteiger partial charge is 0.311 e. The van der Waals surface area contributed by atoms with Gasteiger partial charge < -0.3 is 10.00 Å². The highest BCUT2D eigenvalue weighted by Gasteiger charge is 2.31. The molecule has 0 aliphatic rings. The van der Waals surface area contributed by atoms with Crippen molar-refractivity contribution in [1.29, 1.82) is 0 Å². The van der Waals surface area contributed by atoms with E-state index in [4.69, 9.17) is 0 Å². The average Bonchev–Trinajstić information content (AvgIpc) is 2.59. The molecular weight excluding hydrogens is 335 g/mol. The van der Waals surface area contributed by atoms with Crippen molar-refractivity contribution >= 4 is 24.1 Å². The van der Waals surface area contributed by atoms with Crippen LogP contribution >= 0.6 is 7.37 Å². The number of carboxylic acid groups (broad SMARTS) is 1. The van der Waals surface area contributed by atoms with Gasteiger partial charge in [-0.1, -0.05) is 72.8 Å². The highest BCUT2D eigenvalue weighted by Crippen LogP contribution is 2.48. The maximum Gasteiger partial charge on any atom is 0.311 e. The molecule has 0 heterocycles. The van der Waals surface area contributed by atoms with Crippen LogP contribution in [0.3, 0.4) is 0 Å². The number of hydrogen-bond acceptors (Lipinski definition) is 2. The van der Waals surface area contributed by atoms with Gasteiger partial charge in [0.05, 0.1) is 5.92 Å². The Kier molecular flexibility index (Phi) is 5.03. The minimum Gasteiger partial charge on any atom is -0.481 e. The first-order valence-corrected chi connectivity index (χ1v) is 10.0. The van der Waals surface area contributed by atoms with Crippen LogP contribution in [0.2, 0.25) is 0 Å². The number of carboxylic acids is 1. The molecule has 3 aromatic rings. The molecule has 0 aliphatic carbocycles. The molecule has 25 heavy (non-hydrogen) atoms. The maximum absolute atomic E-state index is 12.7. The first kappa shape index (κ1) is 17.4. The normalized spacial score (nSPS) is 14.8. The Labute approximate surface area is 146 Å². The van der Waals surface area contributed by atoms with Crippen LogP contribution in [0, 0.1) is 0 Å². The first-order valence-electron chi connectivity index (χ1n) is 8.01. The lowest BCUT2D eigenvalue weighted by Crippen LogP contribution is -2.17. The van der Waals surface area contributed by atoms with E-state index in [1.165, 1.54) is 0 Å². The lowest BCUT2D eigenvalue weighted by atomic mass is 9.95. The molecule has 0 aliphatic heterocycles. The molecule has 2 unspecified atom stereocenters. The molecule has 0 aromatic heterocycles. The molecule has 5 heteroatoms. The van der Waals surface area contributed by atoms with Gasteiger partial charge in [0.2, 0.25) is 7.37 Å². The van der Waals surface area contributed by atoms with Gasteiger partial charge in [-0.15, -0.1) is 0 Å². The molecular formula is C20H19O4P. The largest absolute Gasteiger partial charge is 0.481 e. The fraction of sp³-hybridized carbons (Fsp3) is 0.150. The third-order valence-electron chi connectivity index (χ3n) is 4.24. The van der Waals surface area contributed by atoms with Crippen molar-refractivity contribution in [3.63, 3.8) is 0 Å². The monoisotopic (exact) mass is 354 g/mol. The minimum atomic E-state index is -3.65. The van der Waals surface area contributed by atoms with E-state index in [0.717, 1.165) is 16.3 Å². The van der Waals surface area contributed by atoms with Crippen molar-refractivity contribution in [2.45, 2.75) is 12.1 Å². The van der Waals surface area contributed by atoms with Crippen molar-refractivity contribution in [1.82, 2.24) is 0 Å². The summed E-state index contributed by atoms with van der Waals surface area (Å²) >= 11 is 0. The SMILES string of the molecule is O=C(O)C(CP(=O)(O)Cc1ccccc1)c1cccc2ccccc12. The van der Waals surface area contributed by atoms with E-state index in [0.29, 0.717) is 5.56 Å². The van der Waals surface area contributed by atoms with Crippen LogP contribution in [0.15, 0.2) is 72.8 Å². The van der Waals surface area contributed by atoms with E-state index in [2.05, 4.69) is 0 Å². The molecule has 0 spiro atoms. The topological polar surface area (TPSA) is 74.6 Å². The Morgan fingerprint density at radius 3 is 2.28 bits per heavy atom. The van der Waals surface area contributed by atoms with E-state index in [9.17, 15) is 19.4 Å². The average molecular weight is 354 g/mol. The van der Waals surface area contributed by atoms with Crippen LogP contribution in [-0.4, -0.2) is 22.1 Å². The molecule has 3 rings (SSSR count). The van der Waals surface area contributed by atoms with Crippen molar-refractivity contribution in [3.05, 3.63) is 83.9 Å². The van der Waals surface area contributed by atoms with E-state index >= 15 is 0 Å². The number of hydrogen-bond donors (Lipinski definition) is 2. The predicted octanol–water partition coefficient (Wildman–Crippen LogP) is 4.48. The number of carbonyl (C=O) groups is 1. The van der Waals surface area contributed by atoms with Gasteiger partial charge in [0.15, 0.2) is 0 Å². The number of rotatable bonds is 6. The Morgan fingerprint density at radius 1 is 0.920 bits per heavy atom. The second-order valence-corrected chi connectivity index (χ2v) is 8.51. The van der Waals surface area contributed by atoms with Crippen molar-refractivity contribution in [3.8, 4) is 0 Å². The summed E-state index contributed by atoms with van der Waals surface area (Å²) in [5, 5.41) is 11.4. The fourth-order valence-corrected chi connectivity index (χ4v) is 4.92. The third-order valence-corrected chi connectivity index (χ3v) is 6.03. The van der Waals surface area contributed by atoms with Gasteiger partial charge in [0, 0.05) is 12.3 Å². The lowest BCUT2D eigenvalue weighted by Gasteiger charge is -2.19. The predicted molar refractivity (Wildman–Crippen MR) is 99.2 cm³/mol. The molecule has 0 saturated heterocycles. The highest BCUT2D eigenvalue weighted by molar-refractivity contribution is 7.57. The third kappa shape index (κ3) is 4.16. The standard InChI is InChI=1S/C20H19O4P/c21-20(22)19(14-25(23,24)13-15-7-2-1-3-8-15)18-12-6-10-16-9-4-5-11-17(16)18/h1-12,19H,13-14H2,(H,21,22)(H,23,24). The zero-order valence-electron chi connectivity index (χ0n) is 13.6. The quantitative estimate of drug-likeness (QED) is 0.640. The van der Waals surface area contributed by atoms with Gasteiger partial charge in [-0.3, -0.25) is 9.36 Å². The molecule has 0 bridgehead atoms. The molecule has 2 N–H and O–H groups in total. The van der Waals surface area contributed by atoms with Crippen LogP contribution < -0.4 is 0 Å². The minimum absolute atomic E-state index is 0.0254. The zero-order valence-corrected chi connectivity index (χ0v) is 14.5. The summed E-state index contributed by atoms with van der Waals surface area (Å²) in [5.74, 6) is -2.11. The summed E-state index contributed by atoms with van der Waals surface area (Å²) in [6.07, 6.45) is -0.312. The second kappa shape index (κ2) is 7.22. The van der Waals surface area contributed by atoms with Crippen LogP contribution in [0.5, 0.6) is 0 Å². The van der Waals surface area contributed by atoms with Gasteiger partial charge >= 0.3 is 5.97 Å². The van der Waals surface area contributed by atoms with E-state index in [-0.39, 0.29) is 12.3 Å². The molecule has 3 aromatic carbocycles. The van der Waals surface area contributed by atoms with Crippen LogP contribution in [-0.2, 0) is 15.5 Å².